The van der Waals surface area contributed by atoms with Crippen molar-refractivity contribution in [2.45, 2.75) is 12.3 Å². The van der Waals surface area contributed by atoms with Crippen LogP contribution in [-0.2, 0) is 0 Å². The Balaban J connectivity index is 1.24. The molecule has 7 aromatic rings. The standard InChI is InChI=1S/C40H31N3S/c1-4-13-27(14-5-1)30-23-24-31(33-20-12-21-34-32-19-10-11-22-38(32)44-39(33)34)37(25-30)43-40-41-35(28-15-6-2-7-16-28)26-36(42-40)29-17-8-3-9-18-29/h1-26,35,40-43H. The predicted octanol–water partition coefficient (Wildman–Crippen LogP) is 10.1. The lowest BCUT2D eigenvalue weighted by atomic mass is 9.96. The molecule has 6 aromatic carbocycles. The van der Waals surface area contributed by atoms with E-state index in [-0.39, 0.29) is 12.3 Å². The summed E-state index contributed by atoms with van der Waals surface area (Å²) in [6, 6.07) is 54.0. The highest BCUT2D eigenvalue weighted by Gasteiger charge is 2.24. The van der Waals surface area contributed by atoms with Crippen molar-refractivity contribution >= 4 is 42.9 Å². The fourth-order valence-corrected chi connectivity index (χ4v) is 7.42. The Hall–Kier alpha value is -5.16. The first kappa shape index (κ1) is 26.5. The molecule has 2 atom stereocenters. The number of nitrogens with one attached hydrogen (secondary N) is 3. The van der Waals surface area contributed by atoms with E-state index in [1.165, 1.54) is 48.0 Å². The molecule has 44 heavy (non-hydrogen) atoms. The third-order valence-electron chi connectivity index (χ3n) is 8.34. The summed E-state index contributed by atoms with van der Waals surface area (Å²) in [6.45, 7) is 0. The Kier molecular flexibility index (Phi) is 6.91. The van der Waals surface area contributed by atoms with E-state index in [1.807, 2.05) is 11.3 Å². The Morgan fingerprint density at radius 1 is 0.545 bits per heavy atom. The Labute approximate surface area is 261 Å². The van der Waals surface area contributed by atoms with Crippen LogP contribution in [0.15, 0.2) is 158 Å². The fraction of sp³-hybridized carbons (Fsp3) is 0.0500. The van der Waals surface area contributed by atoms with Gasteiger partial charge in [-0.3, -0.25) is 5.32 Å². The van der Waals surface area contributed by atoms with Crippen LogP contribution in [-0.4, -0.2) is 6.29 Å². The van der Waals surface area contributed by atoms with E-state index in [9.17, 15) is 0 Å². The normalized spacial score (nSPS) is 16.4. The van der Waals surface area contributed by atoms with Crippen LogP contribution in [0.1, 0.15) is 17.2 Å². The Bertz CT molecular complexity index is 2100. The molecule has 0 fully saturated rings. The van der Waals surface area contributed by atoms with Crippen LogP contribution in [0, 0.1) is 0 Å². The third kappa shape index (κ3) is 5.05. The van der Waals surface area contributed by atoms with Crippen molar-refractivity contribution in [3.05, 3.63) is 169 Å². The first-order valence-corrected chi connectivity index (χ1v) is 15.8. The fourth-order valence-electron chi connectivity index (χ4n) is 6.19. The zero-order valence-electron chi connectivity index (χ0n) is 24.1. The molecule has 1 aliphatic heterocycles. The molecule has 4 heteroatoms. The van der Waals surface area contributed by atoms with Gasteiger partial charge in [0.25, 0.3) is 0 Å². The van der Waals surface area contributed by atoms with Crippen molar-refractivity contribution in [2.75, 3.05) is 5.32 Å². The van der Waals surface area contributed by atoms with Crippen LogP contribution in [0.2, 0.25) is 0 Å². The van der Waals surface area contributed by atoms with Gasteiger partial charge >= 0.3 is 0 Å². The lowest BCUT2D eigenvalue weighted by Crippen LogP contribution is -2.51. The molecular formula is C40H31N3S. The molecule has 1 aliphatic rings. The van der Waals surface area contributed by atoms with Crippen molar-refractivity contribution in [1.82, 2.24) is 10.6 Å². The Morgan fingerprint density at radius 3 is 2.02 bits per heavy atom. The highest BCUT2D eigenvalue weighted by Crippen LogP contribution is 2.43. The number of rotatable bonds is 6. The maximum atomic E-state index is 3.90. The van der Waals surface area contributed by atoms with Crippen molar-refractivity contribution < 1.29 is 0 Å². The van der Waals surface area contributed by atoms with Crippen molar-refractivity contribution in [3.63, 3.8) is 0 Å². The van der Waals surface area contributed by atoms with Crippen LogP contribution in [0.4, 0.5) is 5.69 Å². The first-order valence-electron chi connectivity index (χ1n) is 15.0. The van der Waals surface area contributed by atoms with Crippen molar-refractivity contribution in [2.24, 2.45) is 0 Å². The highest BCUT2D eigenvalue weighted by molar-refractivity contribution is 7.26. The quantitative estimate of drug-likeness (QED) is 0.182. The van der Waals surface area contributed by atoms with Gasteiger partial charge in [-0.05, 0) is 40.5 Å². The van der Waals surface area contributed by atoms with Gasteiger partial charge in [0, 0.05) is 42.7 Å². The number of thiophene rings is 1. The Morgan fingerprint density at radius 2 is 1.23 bits per heavy atom. The first-order chi connectivity index (χ1) is 21.8. The minimum Gasteiger partial charge on any atom is -0.353 e. The lowest BCUT2D eigenvalue weighted by Gasteiger charge is -2.34. The summed E-state index contributed by atoms with van der Waals surface area (Å²) < 4.78 is 2.62. The molecule has 212 valence electrons. The van der Waals surface area contributed by atoms with E-state index in [0.29, 0.717) is 0 Å². The zero-order valence-corrected chi connectivity index (χ0v) is 24.9. The average molecular weight is 586 g/mol. The molecule has 0 saturated carbocycles. The largest absolute Gasteiger partial charge is 0.353 e. The molecule has 1 aromatic heterocycles. The zero-order chi connectivity index (χ0) is 29.3. The topological polar surface area (TPSA) is 36.1 Å². The van der Waals surface area contributed by atoms with Crippen LogP contribution in [0.3, 0.4) is 0 Å². The molecule has 8 rings (SSSR count). The van der Waals surface area contributed by atoms with Gasteiger partial charge < -0.3 is 10.6 Å². The van der Waals surface area contributed by atoms with Gasteiger partial charge in [0.2, 0.25) is 0 Å². The minimum absolute atomic E-state index is 0.0388. The van der Waals surface area contributed by atoms with Crippen LogP contribution in [0.5, 0.6) is 0 Å². The molecule has 0 bridgehead atoms. The highest BCUT2D eigenvalue weighted by atomic mass is 32.1. The summed E-state index contributed by atoms with van der Waals surface area (Å²) in [5.74, 6) is 0. The summed E-state index contributed by atoms with van der Waals surface area (Å²) in [7, 11) is 0. The van der Waals surface area contributed by atoms with Gasteiger partial charge in [-0.25, -0.2) is 0 Å². The second-order valence-corrected chi connectivity index (χ2v) is 12.2. The van der Waals surface area contributed by atoms with Gasteiger partial charge in [0.1, 0.15) is 0 Å². The van der Waals surface area contributed by atoms with Crippen LogP contribution < -0.4 is 16.0 Å². The summed E-state index contributed by atoms with van der Waals surface area (Å²) in [5.41, 5.74) is 9.34. The second kappa shape index (κ2) is 11.5. The molecule has 3 nitrogen and oxygen atoms in total. The average Bonchev–Trinajstić information content (AvgIpc) is 3.48. The number of hydrogen-bond donors (Lipinski definition) is 3. The van der Waals surface area contributed by atoms with E-state index >= 15 is 0 Å². The van der Waals surface area contributed by atoms with Crippen LogP contribution in [0.25, 0.3) is 48.1 Å². The molecule has 0 saturated heterocycles. The van der Waals surface area contributed by atoms with Crippen molar-refractivity contribution in [3.8, 4) is 22.3 Å². The molecule has 0 aliphatic carbocycles. The molecule has 0 spiro atoms. The second-order valence-electron chi connectivity index (χ2n) is 11.1. The van der Waals surface area contributed by atoms with E-state index in [1.54, 1.807) is 0 Å². The van der Waals surface area contributed by atoms with E-state index in [0.717, 1.165) is 16.9 Å². The van der Waals surface area contributed by atoms with E-state index < -0.39 is 0 Å². The maximum absolute atomic E-state index is 3.90. The molecule has 2 unspecified atom stereocenters. The molecule has 3 N–H and O–H groups in total. The number of anilines is 1. The summed E-state index contributed by atoms with van der Waals surface area (Å²) in [4.78, 5) is 0. The third-order valence-corrected chi connectivity index (χ3v) is 9.56. The summed E-state index contributed by atoms with van der Waals surface area (Å²) in [6.07, 6.45) is 2.06. The maximum Gasteiger partial charge on any atom is 0.153 e. The molecule has 0 radical (unpaired) electrons. The molecular weight excluding hydrogens is 555 g/mol. The minimum atomic E-state index is -0.216. The summed E-state index contributed by atoms with van der Waals surface area (Å²) >= 11 is 1.87. The smallest absolute Gasteiger partial charge is 0.153 e. The van der Waals surface area contributed by atoms with Gasteiger partial charge in [-0.15, -0.1) is 11.3 Å². The summed E-state index contributed by atoms with van der Waals surface area (Å²) in [5, 5.41) is 14.1. The molecule has 0 amide bonds. The van der Waals surface area contributed by atoms with Gasteiger partial charge in [0.15, 0.2) is 6.29 Å². The van der Waals surface area contributed by atoms with Crippen molar-refractivity contribution in [1.29, 1.82) is 0 Å². The van der Waals surface area contributed by atoms with Gasteiger partial charge in [-0.1, -0.05) is 140 Å². The van der Waals surface area contributed by atoms with Gasteiger partial charge in [-0.2, -0.15) is 0 Å². The lowest BCUT2D eigenvalue weighted by molar-refractivity contribution is 0.467. The monoisotopic (exact) mass is 585 g/mol. The van der Waals surface area contributed by atoms with Gasteiger partial charge in [0.05, 0.1) is 6.04 Å². The van der Waals surface area contributed by atoms with E-state index in [4.69, 9.17) is 0 Å². The number of fused-ring (bicyclic) bond motifs is 3. The predicted molar refractivity (Wildman–Crippen MR) is 187 cm³/mol. The SMILES string of the molecule is C1=C(c2ccccc2)NC(Nc2cc(-c3ccccc3)ccc2-c2cccc3c2sc2ccccc23)NC1c1ccccc1. The van der Waals surface area contributed by atoms with E-state index in [2.05, 4.69) is 174 Å². The molecule has 2 heterocycles. The number of benzene rings is 6. The van der Waals surface area contributed by atoms with Crippen LogP contribution >= 0.6 is 11.3 Å². The number of hydrogen-bond acceptors (Lipinski definition) is 4.